The first-order valence-electron chi connectivity index (χ1n) is 3.55. The van der Waals surface area contributed by atoms with Crippen molar-refractivity contribution in [1.82, 2.24) is 16.1 Å². The summed E-state index contributed by atoms with van der Waals surface area (Å²) in [5.41, 5.74) is 5.06. The van der Waals surface area contributed by atoms with Crippen LogP contribution < -0.4 is 11.1 Å². The van der Waals surface area contributed by atoms with Gasteiger partial charge < -0.3 is 0 Å². The number of likely N-dealkylation sites (N-methyl/N-ethyl adjacent to an activating group) is 1. The fourth-order valence-electron chi connectivity index (χ4n) is 0.596. The lowest BCUT2D eigenvalue weighted by atomic mass is 10.4. The molecule has 0 bridgehead atoms. The van der Waals surface area contributed by atoms with Crippen molar-refractivity contribution in [3.05, 3.63) is 0 Å². The first-order valence-corrected chi connectivity index (χ1v) is 3.55. The van der Waals surface area contributed by atoms with Gasteiger partial charge in [0.15, 0.2) is 5.78 Å². The molecule has 0 aromatic rings. The van der Waals surface area contributed by atoms with Crippen LogP contribution in [0.2, 0.25) is 0 Å². The molecule has 0 aromatic carbocycles. The van der Waals surface area contributed by atoms with Gasteiger partial charge in [0.2, 0.25) is 5.84 Å². The molecule has 0 saturated carbocycles. The maximum atomic E-state index is 10.6. The average molecular weight is 158 g/mol. The second kappa shape index (κ2) is 4.68. The van der Waals surface area contributed by atoms with E-state index in [9.17, 15) is 4.79 Å². The van der Waals surface area contributed by atoms with Gasteiger partial charge in [0.05, 0.1) is 0 Å². The van der Waals surface area contributed by atoms with Crippen LogP contribution in [0.25, 0.3) is 0 Å². The van der Waals surface area contributed by atoms with Crippen LogP contribution in [0.1, 0.15) is 20.8 Å². The fraction of sp³-hybridized carbons (Fsp3) is 0.667. The molecule has 0 aliphatic carbocycles. The maximum absolute atomic E-state index is 10.6. The molecule has 0 fully saturated rings. The third-order valence-electron chi connectivity index (χ3n) is 1.01. The molecule has 0 radical (unpaired) electrons. The highest BCUT2D eigenvalue weighted by atomic mass is 16.1. The van der Waals surface area contributed by atoms with Crippen LogP contribution in [0.15, 0.2) is 5.10 Å². The SMILES string of the molecule is CC.CC(=O)C1=NNNN1C. The molecular formula is C6H14N4O. The van der Waals surface area contributed by atoms with Crippen molar-refractivity contribution >= 4 is 11.6 Å². The summed E-state index contributed by atoms with van der Waals surface area (Å²) in [6.45, 7) is 5.46. The lowest BCUT2D eigenvalue weighted by Crippen LogP contribution is -2.39. The smallest absolute Gasteiger partial charge is 0.208 e. The van der Waals surface area contributed by atoms with Gasteiger partial charge in [-0.1, -0.05) is 13.8 Å². The Hall–Kier alpha value is -1.10. The predicted molar refractivity (Wildman–Crippen MR) is 43.5 cm³/mol. The summed E-state index contributed by atoms with van der Waals surface area (Å²) in [6, 6.07) is 0. The topological polar surface area (TPSA) is 56.7 Å². The number of hydrogen-bond acceptors (Lipinski definition) is 5. The largest absolute Gasteiger partial charge is 0.291 e. The highest BCUT2D eigenvalue weighted by Crippen LogP contribution is 1.88. The molecule has 2 N–H and O–H groups in total. The third-order valence-corrected chi connectivity index (χ3v) is 1.01. The number of nitrogens with zero attached hydrogens (tertiary/aromatic N) is 2. The van der Waals surface area contributed by atoms with Gasteiger partial charge in [-0.05, 0) is 0 Å². The van der Waals surface area contributed by atoms with Gasteiger partial charge in [-0.3, -0.25) is 9.80 Å². The first-order chi connectivity index (χ1) is 5.22. The maximum Gasteiger partial charge on any atom is 0.208 e. The van der Waals surface area contributed by atoms with Gasteiger partial charge in [-0.15, -0.1) is 10.6 Å². The number of hydrazone groups is 1. The molecule has 0 atom stereocenters. The number of hydrogen-bond donors (Lipinski definition) is 2. The van der Waals surface area contributed by atoms with E-state index in [1.54, 1.807) is 7.05 Å². The van der Waals surface area contributed by atoms with Crippen molar-refractivity contribution in [2.24, 2.45) is 5.10 Å². The van der Waals surface area contributed by atoms with Crippen LogP contribution in [-0.2, 0) is 4.79 Å². The standard InChI is InChI=1S/C4H8N4O.C2H6/c1-3(9)4-5-6-7-8(4)2;1-2/h6-7H,1-2H3;1-2H3. The van der Waals surface area contributed by atoms with E-state index in [1.807, 2.05) is 13.8 Å². The minimum Gasteiger partial charge on any atom is -0.291 e. The molecule has 5 nitrogen and oxygen atoms in total. The first kappa shape index (κ1) is 9.90. The molecule has 0 spiro atoms. The van der Waals surface area contributed by atoms with Gasteiger partial charge in [-0.25, -0.2) is 5.53 Å². The van der Waals surface area contributed by atoms with Crippen molar-refractivity contribution in [3.63, 3.8) is 0 Å². The zero-order chi connectivity index (χ0) is 8.85. The van der Waals surface area contributed by atoms with Crippen molar-refractivity contribution in [1.29, 1.82) is 0 Å². The Labute approximate surface area is 66.4 Å². The normalized spacial score (nSPS) is 14.5. The molecule has 64 valence electrons. The number of carbonyl (C=O) groups is 1. The van der Waals surface area contributed by atoms with Crippen molar-refractivity contribution in [3.8, 4) is 0 Å². The van der Waals surface area contributed by atoms with E-state index in [-0.39, 0.29) is 5.78 Å². The van der Waals surface area contributed by atoms with Crippen LogP contribution in [0, 0.1) is 0 Å². The van der Waals surface area contributed by atoms with Crippen molar-refractivity contribution in [2.75, 3.05) is 7.05 Å². The fourth-order valence-corrected chi connectivity index (χ4v) is 0.596. The van der Waals surface area contributed by atoms with E-state index in [2.05, 4.69) is 16.2 Å². The summed E-state index contributed by atoms with van der Waals surface area (Å²) in [7, 11) is 1.71. The number of Topliss-reactive ketones (excluding diaryl/α,β-unsaturated/α-hetero) is 1. The molecule has 0 unspecified atom stereocenters. The average Bonchev–Trinajstić information content (AvgIpc) is 2.39. The molecule has 1 aliphatic heterocycles. The number of ketones is 1. The Balaban J connectivity index is 0.000000461. The van der Waals surface area contributed by atoms with E-state index in [0.717, 1.165) is 0 Å². The molecule has 1 aliphatic rings. The van der Waals surface area contributed by atoms with Crippen LogP contribution >= 0.6 is 0 Å². The highest BCUT2D eigenvalue weighted by Gasteiger charge is 2.15. The molecule has 1 heterocycles. The summed E-state index contributed by atoms with van der Waals surface area (Å²) in [5.74, 6) is 0.338. The Bertz CT molecular complexity index is 166. The van der Waals surface area contributed by atoms with Gasteiger partial charge in [0.1, 0.15) is 0 Å². The second-order valence-electron chi connectivity index (χ2n) is 1.77. The van der Waals surface area contributed by atoms with Gasteiger partial charge >= 0.3 is 0 Å². The summed E-state index contributed by atoms with van der Waals surface area (Å²) in [6.07, 6.45) is 0. The second-order valence-corrected chi connectivity index (χ2v) is 1.77. The van der Waals surface area contributed by atoms with Crippen LogP contribution in [-0.4, -0.2) is 23.7 Å². The van der Waals surface area contributed by atoms with Crippen LogP contribution in [0.3, 0.4) is 0 Å². The number of nitrogens with one attached hydrogen (secondary N) is 2. The van der Waals surface area contributed by atoms with E-state index in [0.29, 0.717) is 5.84 Å². The Morgan fingerprint density at radius 2 is 2.09 bits per heavy atom. The molecule has 5 heteroatoms. The summed E-state index contributed by atoms with van der Waals surface area (Å²) in [4.78, 5) is 10.6. The Kier molecular flexibility index (Phi) is 4.21. The third kappa shape index (κ3) is 2.55. The zero-order valence-corrected chi connectivity index (χ0v) is 7.30. The van der Waals surface area contributed by atoms with Crippen LogP contribution in [0.4, 0.5) is 0 Å². The predicted octanol–water partition coefficient (Wildman–Crippen LogP) is -0.130. The molecule has 11 heavy (non-hydrogen) atoms. The van der Waals surface area contributed by atoms with Gasteiger partial charge in [-0.2, -0.15) is 0 Å². The number of hydrazine groups is 2. The molecular weight excluding hydrogens is 144 g/mol. The molecule has 0 amide bonds. The zero-order valence-electron chi connectivity index (χ0n) is 7.30. The number of rotatable bonds is 1. The van der Waals surface area contributed by atoms with Gasteiger partial charge in [0.25, 0.3) is 0 Å². The quantitative estimate of drug-likeness (QED) is 0.558. The Morgan fingerprint density at radius 1 is 1.55 bits per heavy atom. The minimum atomic E-state index is -0.0602. The number of carbonyl (C=O) groups excluding carboxylic acids is 1. The van der Waals surface area contributed by atoms with Crippen molar-refractivity contribution in [2.45, 2.75) is 20.8 Å². The van der Waals surface area contributed by atoms with Crippen LogP contribution in [0.5, 0.6) is 0 Å². The molecule has 0 aromatic heterocycles. The van der Waals surface area contributed by atoms with E-state index >= 15 is 0 Å². The minimum absolute atomic E-state index is 0.0602. The molecule has 1 rings (SSSR count). The summed E-state index contributed by atoms with van der Waals surface area (Å²) in [5, 5.41) is 5.16. The molecule has 0 saturated heterocycles. The summed E-state index contributed by atoms with van der Waals surface area (Å²) >= 11 is 0. The lowest BCUT2D eigenvalue weighted by Gasteiger charge is -2.08. The lowest BCUT2D eigenvalue weighted by molar-refractivity contribution is -0.111. The van der Waals surface area contributed by atoms with E-state index < -0.39 is 0 Å². The monoisotopic (exact) mass is 158 g/mol. The van der Waals surface area contributed by atoms with E-state index in [1.165, 1.54) is 11.9 Å². The Morgan fingerprint density at radius 3 is 2.27 bits per heavy atom. The van der Waals surface area contributed by atoms with E-state index in [4.69, 9.17) is 0 Å². The van der Waals surface area contributed by atoms with Crippen molar-refractivity contribution < 1.29 is 4.79 Å². The van der Waals surface area contributed by atoms with Gasteiger partial charge in [0, 0.05) is 14.0 Å². The summed E-state index contributed by atoms with van der Waals surface area (Å²) < 4.78 is 0. The number of amidine groups is 1. The highest BCUT2D eigenvalue weighted by molar-refractivity contribution is 6.37.